The van der Waals surface area contributed by atoms with Crippen molar-refractivity contribution >= 4 is 22.7 Å². The number of fused-ring (bicyclic) bond motifs is 1. The number of benzene rings is 3. The number of hydrogen-bond acceptors (Lipinski definition) is 6. The Balaban J connectivity index is 1.10. The van der Waals surface area contributed by atoms with E-state index in [0.29, 0.717) is 18.7 Å². The normalized spacial score (nSPS) is 17.5. The number of para-hydroxylation sites is 2. The van der Waals surface area contributed by atoms with E-state index < -0.39 is 0 Å². The van der Waals surface area contributed by atoms with Gasteiger partial charge in [0.2, 0.25) is 5.95 Å². The predicted molar refractivity (Wildman–Crippen MR) is 152 cm³/mol. The molecule has 1 aliphatic carbocycles. The molecular formula is C31H37N5O. The Labute approximate surface area is 220 Å². The molecule has 0 aliphatic heterocycles. The summed E-state index contributed by atoms with van der Waals surface area (Å²) in [7, 11) is 4.06. The van der Waals surface area contributed by atoms with Gasteiger partial charge in [0.1, 0.15) is 18.2 Å². The standard InChI is InChI=1S/C31H37N5O/c1-36(2)30-27-13-7-8-14-28(27)34-31(35-30)33-26-18-16-25(17-19-26)32-21-20-24-12-6-9-15-29(24)37-22-23-10-4-3-5-11-23/h3-15,25-26,32H,16-22H2,1-2H3,(H,33,34,35). The van der Waals surface area contributed by atoms with E-state index in [1.807, 2.05) is 38.4 Å². The topological polar surface area (TPSA) is 62.3 Å². The molecular weight excluding hydrogens is 458 g/mol. The Bertz CT molecular complexity index is 1290. The molecule has 0 saturated heterocycles. The molecule has 1 saturated carbocycles. The van der Waals surface area contributed by atoms with Crippen LogP contribution in [-0.2, 0) is 13.0 Å². The van der Waals surface area contributed by atoms with E-state index in [1.54, 1.807) is 0 Å². The van der Waals surface area contributed by atoms with Gasteiger partial charge in [0.05, 0.1) is 5.52 Å². The third-order valence-electron chi connectivity index (χ3n) is 7.10. The smallest absolute Gasteiger partial charge is 0.225 e. The van der Waals surface area contributed by atoms with Gasteiger partial charge >= 0.3 is 0 Å². The highest BCUT2D eigenvalue weighted by atomic mass is 16.5. The lowest BCUT2D eigenvalue weighted by molar-refractivity contribution is 0.302. The highest BCUT2D eigenvalue weighted by Crippen LogP contribution is 2.26. The van der Waals surface area contributed by atoms with E-state index in [2.05, 4.69) is 70.1 Å². The Morgan fingerprint density at radius 3 is 2.32 bits per heavy atom. The highest BCUT2D eigenvalue weighted by Gasteiger charge is 2.22. The number of aromatic nitrogens is 2. The lowest BCUT2D eigenvalue weighted by Crippen LogP contribution is -2.38. The van der Waals surface area contributed by atoms with Gasteiger partial charge in [-0.1, -0.05) is 60.7 Å². The summed E-state index contributed by atoms with van der Waals surface area (Å²) in [6.45, 7) is 1.55. The van der Waals surface area contributed by atoms with Gasteiger partial charge in [-0.3, -0.25) is 0 Å². The summed E-state index contributed by atoms with van der Waals surface area (Å²) in [5.41, 5.74) is 3.42. The Kier molecular flexibility index (Phi) is 8.16. The maximum absolute atomic E-state index is 6.14. The minimum Gasteiger partial charge on any atom is -0.489 e. The third kappa shape index (κ3) is 6.57. The first-order chi connectivity index (χ1) is 18.2. The van der Waals surface area contributed by atoms with Gasteiger partial charge in [0, 0.05) is 31.6 Å². The van der Waals surface area contributed by atoms with E-state index in [1.165, 1.54) is 11.1 Å². The van der Waals surface area contributed by atoms with Crippen molar-refractivity contribution < 1.29 is 4.74 Å². The first-order valence-corrected chi connectivity index (χ1v) is 13.3. The number of hydrogen-bond donors (Lipinski definition) is 2. The fourth-order valence-corrected chi connectivity index (χ4v) is 5.09. The quantitative estimate of drug-likeness (QED) is 0.289. The third-order valence-corrected chi connectivity index (χ3v) is 7.10. The fourth-order valence-electron chi connectivity index (χ4n) is 5.09. The van der Waals surface area contributed by atoms with Crippen LogP contribution in [0.15, 0.2) is 78.9 Å². The fraction of sp³-hybridized carbons (Fsp3) is 0.355. The second-order valence-electron chi connectivity index (χ2n) is 10.1. The number of anilines is 2. The van der Waals surface area contributed by atoms with Gasteiger partial charge in [0.25, 0.3) is 0 Å². The van der Waals surface area contributed by atoms with Crippen molar-refractivity contribution in [3.63, 3.8) is 0 Å². The molecule has 4 aromatic rings. The van der Waals surface area contributed by atoms with Gasteiger partial charge in [-0.25, -0.2) is 4.98 Å². The van der Waals surface area contributed by atoms with Gasteiger partial charge in [-0.2, -0.15) is 4.98 Å². The van der Waals surface area contributed by atoms with E-state index in [0.717, 1.165) is 67.1 Å². The number of rotatable bonds is 10. The largest absolute Gasteiger partial charge is 0.489 e. The van der Waals surface area contributed by atoms with Crippen LogP contribution in [0.1, 0.15) is 36.8 Å². The predicted octanol–water partition coefficient (Wildman–Crippen LogP) is 5.83. The first kappa shape index (κ1) is 25.0. The molecule has 2 N–H and O–H groups in total. The number of ether oxygens (including phenoxy) is 1. The molecule has 1 aliphatic rings. The maximum atomic E-state index is 6.14. The average molecular weight is 496 g/mol. The van der Waals surface area contributed by atoms with Gasteiger partial charge < -0.3 is 20.3 Å². The van der Waals surface area contributed by atoms with E-state index in [4.69, 9.17) is 14.7 Å². The van der Waals surface area contributed by atoms with Crippen molar-refractivity contribution in [3.05, 3.63) is 90.0 Å². The molecule has 0 atom stereocenters. The van der Waals surface area contributed by atoms with Crippen molar-refractivity contribution in [2.45, 2.75) is 50.8 Å². The summed E-state index contributed by atoms with van der Waals surface area (Å²) < 4.78 is 6.14. The van der Waals surface area contributed by atoms with Gasteiger partial charge in [-0.05, 0) is 68.0 Å². The second kappa shape index (κ2) is 12.1. The van der Waals surface area contributed by atoms with Crippen molar-refractivity contribution in [3.8, 4) is 5.75 Å². The molecule has 0 spiro atoms. The van der Waals surface area contributed by atoms with Gasteiger partial charge in [-0.15, -0.1) is 0 Å². The van der Waals surface area contributed by atoms with Crippen molar-refractivity contribution in [2.75, 3.05) is 30.9 Å². The van der Waals surface area contributed by atoms with Crippen LogP contribution in [0.2, 0.25) is 0 Å². The molecule has 1 heterocycles. The molecule has 0 unspecified atom stereocenters. The SMILES string of the molecule is CN(C)c1nc(NC2CCC(NCCc3ccccc3OCc3ccccc3)CC2)nc2ccccc12. The molecule has 192 valence electrons. The number of nitrogens with zero attached hydrogens (tertiary/aromatic N) is 3. The molecule has 0 bridgehead atoms. The lowest BCUT2D eigenvalue weighted by Gasteiger charge is -2.30. The molecule has 3 aromatic carbocycles. The zero-order chi connectivity index (χ0) is 25.5. The van der Waals surface area contributed by atoms with E-state index in [9.17, 15) is 0 Å². The van der Waals surface area contributed by atoms with Crippen LogP contribution in [0.5, 0.6) is 5.75 Å². The summed E-state index contributed by atoms with van der Waals surface area (Å²) in [6.07, 6.45) is 5.49. The summed E-state index contributed by atoms with van der Waals surface area (Å²) in [4.78, 5) is 11.7. The van der Waals surface area contributed by atoms with Crippen LogP contribution >= 0.6 is 0 Å². The minimum atomic E-state index is 0.404. The molecule has 6 nitrogen and oxygen atoms in total. The summed E-state index contributed by atoms with van der Waals surface area (Å²) in [6, 6.07) is 27.9. The van der Waals surface area contributed by atoms with Gasteiger partial charge in [0.15, 0.2) is 0 Å². The van der Waals surface area contributed by atoms with Crippen LogP contribution in [0.25, 0.3) is 10.9 Å². The zero-order valence-corrected chi connectivity index (χ0v) is 21.9. The Hall–Kier alpha value is -3.64. The van der Waals surface area contributed by atoms with Crippen molar-refractivity contribution in [1.29, 1.82) is 0 Å². The highest BCUT2D eigenvalue weighted by molar-refractivity contribution is 5.90. The summed E-state index contributed by atoms with van der Waals surface area (Å²) in [5, 5.41) is 8.48. The lowest BCUT2D eigenvalue weighted by atomic mass is 9.91. The van der Waals surface area contributed by atoms with Crippen LogP contribution in [-0.4, -0.2) is 42.7 Å². The van der Waals surface area contributed by atoms with Crippen LogP contribution in [0, 0.1) is 0 Å². The maximum Gasteiger partial charge on any atom is 0.225 e. The minimum absolute atomic E-state index is 0.404. The molecule has 5 rings (SSSR count). The van der Waals surface area contributed by atoms with E-state index in [-0.39, 0.29) is 0 Å². The number of nitrogens with one attached hydrogen (secondary N) is 2. The van der Waals surface area contributed by atoms with Crippen molar-refractivity contribution in [1.82, 2.24) is 15.3 Å². The van der Waals surface area contributed by atoms with Crippen LogP contribution in [0.4, 0.5) is 11.8 Å². The van der Waals surface area contributed by atoms with E-state index >= 15 is 0 Å². The molecule has 0 amide bonds. The average Bonchev–Trinajstić information content (AvgIpc) is 2.93. The summed E-state index contributed by atoms with van der Waals surface area (Å²) in [5.74, 6) is 2.66. The first-order valence-electron chi connectivity index (χ1n) is 13.3. The van der Waals surface area contributed by atoms with Crippen LogP contribution in [0.3, 0.4) is 0 Å². The Morgan fingerprint density at radius 1 is 0.811 bits per heavy atom. The summed E-state index contributed by atoms with van der Waals surface area (Å²) >= 11 is 0. The molecule has 37 heavy (non-hydrogen) atoms. The van der Waals surface area contributed by atoms with Crippen LogP contribution < -0.4 is 20.3 Å². The molecule has 6 heteroatoms. The zero-order valence-electron chi connectivity index (χ0n) is 21.9. The molecule has 1 fully saturated rings. The second-order valence-corrected chi connectivity index (χ2v) is 10.1. The molecule has 1 aromatic heterocycles. The molecule has 0 radical (unpaired) electrons. The van der Waals surface area contributed by atoms with Crippen molar-refractivity contribution in [2.24, 2.45) is 0 Å². The monoisotopic (exact) mass is 495 g/mol. The Morgan fingerprint density at radius 2 is 1.51 bits per heavy atom.